The summed E-state index contributed by atoms with van der Waals surface area (Å²) < 4.78 is 43.4. The molecule has 0 aromatic heterocycles. The third-order valence-electron chi connectivity index (χ3n) is 4.08. The lowest BCUT2D eigenvalue weighted by Gasteiger charge is -2.29. The molecule has 0 radical (unpaired) electrons. The molecular weight excluding hydrogens is 356 g/mol. The maximum atomic E-state index is 14.5. The van der Waals surface area contributed by atoms with Gasteiger partial charge < -0.3 is 0 Å². The van der Waals surface area contributed by atoms with Crippen molar-refractivity contribution in [3.05, 3.63) is 35.4 Å². The lowest BCUT2D eigenvalue weighted by atomic mass is 9.91. The molecule has 2 nitrogen and oxygen atoms in total. The highest BCUT2D eigenvalue weighted by atomic mass is 32.2. The number of hydrogen-bond donors (Lipinski definition) is 1. The van der Waals surface area contributed by atoms with Crippen LogP contribution in [0.15, 0.2) is 18.2 Å². The minimum atomic E-state index is -1.61. The van der Waals surface area contributed by atoms with Crippen LogP contribution in [-0.2, 0) is 11.0 Å². The normalized spacial score (nSPS) is 18.9. The van der Waals surface area contributed by atoms with E-state index in [1.807, 2.05) is 20.8 Å². The average molecular weight is 384 g/mol. The van der Waals surface area contributed by atoms with Gasteiger partial charge in [-0.25, -0.2) is 17.7 Å². The Bertz CT molecular complexity index is 737. The zero-order valence-corrected chi connectivity index (χ0v) is 17.6. The van der Waals surface area contributed by atoms with Crippen molar-refractivity contribution in [2.75, 3.05) is 0 Å². The summed E-state index contributed by atoms with van der Waals surface area (Å²) in [5, 5.41) is 0. The van der Waals surface area contributed by atoms with Gasteiger partial charge in [0.05, 0.1) is 27.2 Å². The second-order valence-corrected chi connectivity index (χ2v) is 15.5. The van der Waals surface area contributed by atoms with Gasteiger partial charge in [-0.05, 0) is 51.8 Å². The molecule has 0 aliphatic heterocycles. The van der Waals surface area contributed by atoms with Crippen LogP contribution in [-0.4, -0.2) is 17.0 Å². The van der Waals surface area contributed by atoms with E-state index in [9.17, 15) is 13.0 Å². The van der Waals surface area contributed by atoms with E-state index in [0.717, 1.165) is 25.0 Å². The van der Waals surface area contributed by atoms with Gasteiger partial charge in [-0.1, -0.05) is 19.6 Å². The molecule has 1 aliphatic carbocycles. The highest BCUT2D eigenvalue weighted by molar-refractivity contribution is 7.84. The summed E-state index contributed by atoms with van der Waals surface area (Å²) in [6, 6.07) is 2.83. The fourth-order valence-corrected chi connectivity index (χ4v) is 3.97. The summed E-state index contributed by atoms with van der Waals surface area (Å²) in [6.07, 6.45) is 1.58. The Morgan fingerprint density at radius 1 is 1.24 bits per heavy atom. The van der Waals surface area contributed by atoms with Crippen LogP contribution < -0.4 is 4.72 Å². The van der Waals surface area contributed by atoms with E-state index >= 15 is 0 Å². The average Bonchev–Trinajstić information content (AvgIpc) is 3.24. The number of nitrogens with one attached hydrogen (secondary N) is 1. The Balaban J connectivity index is 2.48. The molecule has 1 aromatic rings. The van der Waals surface area contributed by atoms with Gasteiger partial charge in [0.25, 0.3) is 0 Å². The van der Waals surface area contributed by atoms with Crippen LogP contribution in [0.25, 0.3) is 0 Å². The van der Waals surface area contributed by atoms with Gasteiger partial charge in [-0.3, -0.25) is 0 Å². The summed E-state index contributed by atoms with van der Waals surface area (Å²) in [5.74, 6) is 2.34. The highest BCUT2D eigenvalue weighted by Gasteiger charge is 2.51. The third-order valence-corrected chi connectivity index (χ3v) is 6.51. The van der Waals surface area contributed by atoms with Gasteiger partial charge in [0.1, 0.15) is 19.7 Å². The molecule has 1 aliphatic rings. The molecule has 138 valence electrons. The maximum Gasteiger partial charge on any atom is 0.129 e. The minimum absolute atomic E-state index is 0.208. The minimum Gasteiger partial charge on any atom is -0.242 e. The van der Waals surface area contributed by atoms with Crippen molar-refractivity contribution in [3.63, 3.8) is 0 Å². The van der Waals surface area contributed by atoms with Gasteiger partial charge in [0.2, 0.25) is 0 Å². The Labute approximate surface area is 153 Å². The van der Waals surface area contributed by atoms with Crippen LogP contribution in [0, 0.1) is 28.5 Å². The molecule has 0 bridgehead atoms. The first-order chi connectivity index (χ1) is 11.3. The van der Waals surface area contributed by atoms with Crippen LogP contribution in [0.5, 0.6) is 0 Å². The van der Waals surface area contributed by atoms with E-state index in [0.29, 0.717) is 0 Å². The number of benzene rings is 1. The van der Waals surface area contributed by atoms with E-state index in [1.165, 1.54) is 6.07 Å². The fraction of sp³-hybridized carbons (Fsp3) is 0.579. The molecular formula is C19H27F2NOSSi. The van der Waals surface area contributed by atoms with Crippen molar-refractivity contribution in [1.82, 2.24) is 4.72 Å². The number of rotatable bonds is 4. The molecule has 1 saturated carbocycles. The molecule has 1 aromatic carbocycles. The molecule has 1 N–H and O–H groups in total. The second-order valence-electron chi connectivity index (χ2n) is 8.75. The number of hydrogen-bond acceptors (Lipinski definition) is 1. The van der Waals surface area contributed by atoms with E-state index in [2.05, 4.69) is 35.8 Å². The zero-order chi connectivity index (χ0) is 19.0. The highest BCUT2D eigenvalue weighted by Crippen LogP contribution is 2.55. The lowest BCUT2D eigenvalue weighted by Crippen LogP contribution is -2.39. The van der Waals surface area contributed by atoms with Crippen molar-refractivity contribution in [2.45, 2.75) is 64.0 Å². The molecule has 0 spiro atoms. The first-order valence-electron chi connectivity index (χ1n) is 8.51. The van der Waals surface area contributed by atoms with E-state index in [1.54, 1.807) is 0 Å². The van der Waals surface area contributed by atoms with Crippen molar-refractivity contribution in [1.29, 1.82) is 0 Å². The van der Waals surface area contributed by atoms with Gasteiger partial charge in [-0.2, -0.15) is 0 Å². The molecule has 2 rings (SSSR count). The SMILES string of the molecule is CC(C)(C)S(=O)NC(c1cc(F)ccc1F)C1(C#C[Si](C)(C)C)CC1. The molecule has 0 amide bonds. The second kappa shape index (κ2) is 6.94. The van der Waals surface area contributed by atoms with Crippen LogP contribution >= 0.6 is 0 Å². The largest absolute Gasteiger partial charge is 0.242 e. The van der Waals surface area contributed by atoms with E-state index in [4.69, 9.17) is 0 Å². The molecule has 0 saturated heterocycles. The molecule has 0 heterocycles. The standard InChI is InChI=1S/C19H27F2NOSSi/c1-18(2,3)24(23)22-17(15-13-14(20)7-8-16(15)21)19(9-10-19)11-12-25(4,5)6/h7-8,13,17,22H,9-10H2,1-6H3. The topological polar surface area (TPSA) is 29.1 Å². The van der Waals surface area contributed by atoms with Crippen molar-refractivity contribution < 1.29 is 13.0 Å². The molecule has 2 atom stereocenters. The predicted octanol–water partition coefficient (Wildman–Crippen LogP) is 4.72. The van der Waals surface area contributed by atoms with E-state index < -0.39 is 46.9 Å². The molecule has 6 heteroatoms. The third kappa shape index (κ3) is 5.22. The fourth-order valence-electron chi connectivity index (χ4n) is 2.43. The Morgan fingerprint density at radius 3 is 2.32 bits per heavy atom. The van der Waals surface area contributed by atoms with Gasteiger partial charge >= 0.3 is 0 Å². The van der Waals surface area contributed by atoms with Crippen LogP contribution in [0.1, 0.15) is 45.2 Å². The Morgan fingerprint density at radius 2 is 1.84 bits per heavy atom. The summed E-state index contributed by atoms with van der Waals surface area (Å²) in [6.45, 7) is 12.0. The van der Waals surface area contributed by atoms with Crippen molar-refractivity contribution in [3.8, 4) is 11.5 Å². The van der Waals surface area contributed by atoms with Crippen molar-refractivity contribution in [2.24, 2.45) is 5.41 Å². The zero-order valence-electron chi connectivity index (χ0n) is 15.8. The smallest absolute Gasteiger partial charge is 0.129 e. The lowest BCUT2D eigenvalue weighted by molar-refractivity contribution is 0.452. The van der Waals surface area contributed by atoms with Gasteiger partial charge in [-0.15, -0.1) is 11.5 Å². The molecule has 1 fully saturated rings. The van der Waals surface area contributed by atoms with Crippen LogP contribution in [0.2, 0.25) is 19.6 Å². The Kier molecular flexibility index (Phi) is 5.63. The Hall–Kier alpha value is -1.03. The van der Waals surface area contributed by atoms with E-state index in [-0.39, 0.29) is 5.56 Å². The van der Waals surface area contributed by atoms with Gasteiger partial charge in [0.15, 0.2) is 0 Å². The molecule has 2 unspecified atom stereocenters. The van der Waals surface area contributed by atoms with Crippen LogP contribution in [0.3, 0.4) is 0 Å². The van der Waals surface area contributed by atoms with Gasteiger partial charge in [0, 0.05) is 5.56 Å². The van der Waals surface area contributed by atoms with Crippen LogP contribution in [0.4, 0.5) is 8.78 Å². The summed E-state index contributed by atoms with van der Waals surface area (Å²) >= 11 is 0. The monoisotopic (exact) mass is 383 g/mol. The number of halogens is 2. The first kappa shape index (κ1) is 20.3. The maximum absolute atomic E-state index is 14.5. The summed E-state index contributed by atoms with van der Waals surface area (Å²) in [7, 11) is -3.02. The quantitative estimate of drug-likeness (QED) is 0.592. The summed E-state index contributed by atoms with van der Waals surface area (Å²) in [5.41, 5.74) is 3.09. The first-order valence-corrected chi connectivity index (χ1v) is 13.2. The molecule has 25 heavy (non-hydrogen) atoms. The summed E-state index contributed by atoms with van der Waals surface area (Å²) in [4.78, 5) is 0. The predicted molar refractivity (Wildman–Crippen MR) is 103 cm³/mol. The van der Waals surface area contributed by atoms with Crippen molar-refractivity contribution >= 4 is 19.1 Å².